The highest BCUT2D eigenvalue weighted by Crippen LogP contribution is 2.22. The molecule has 7 heteroatoms. The van der Waals surface area contributed by atoms with Crippen molar-refractivity contribution in [3.8, 4) is 12.1 Å². The second kappa shape index (κ2) is 5.84. The summed E-state index contributed by atoms with van der Waals surface area (Å²) in [5.74, 6) is 0.846. The van der Waals surface area contributed by atoms with Crippen molar-refractivity contribution in [2.24, 2.45) is 11.8 Å². The summed E-state index contributed by atoms with van der Waals surface area (Å²) >= 11 is 0. The molecule has 1 aromatic heterocycles. The van der Waals surface area contributed by atoms with Gasteiger partial charge in [0.15, 0.2) is 11.4 Å². The predicted octanol–water partition coefficient (Wildman–Crippen LogP) is 0.713. The molecule has 1 saturated heterocycles. The van der Waals surface area contributed by atoms with Crippen molar-refractivity contribution >= 4 is 11.9 Å². The van der Waals surface area contributed by atoms with Gasteiger partial charge in [-0.15, -0.1) is 0 Å². The molecular formula is C14H18N6O. The Kier molecular flexibility index (Phi) is 4.13. The number of nitrogens with zero attached hydrogens (tertiary/aromatic N) is 5. The van der Waals surface area contributed by atoms with Crippen LogP contribution < -0.4 is 5.73 Å². The van der Waals surface area contributed by atoms with Gasteiger partial charge in [0.1, 0.15) is 18.7 Å². The smallest absolute Gasteiger partial charge is 0.242 e. The maximum Gasteiger partial charge on any atom is 0.242 e. The van der Waals surface area contributed by atoms with Crippen molar-refractivity contribution in [2.75, 3.05) is 18.8 Å². The van der Waals surface area contributed by atoms with E-state index in [2.05, 4.69) is 18.8 Å². The quantitative estimate of drug-likeness (QED) is 0.860. The van der Waals surface area contributed by atoms with Gasteiger partial charge in [0.05, 0.1) is 0 Å². The lowest BCUT2D eigenvalue weighted by Gasteiger charge is -2.35. The Hall–Kier alpha value is -2.54. The van der Waals surface area contributed by atoms with E-state index in [0.717, 1.165) is 6.42 Å². The molecule has 0 saturated carbocycles. The second-order valence-electron chi connectivity index (χ2n) is 5.72. The van der Waals surface area contributed by atoms with Crippen molar-refractivity contribution in [1.29, 1.82) is 10.5 Å². The fourth-order valence-electron chi connectivity index (χ4n) is 2.92. The SMILES string of the molecule is CC1CC(C)CN(C(=O)Cn2c(N)nc(C#N)c2C#N)C1. The number of aromatic nitrogens is 2. The lowest BCUT2D eigenvalue weighted by molar-refractivity contribution is -0.134. The standard InChI is InChI=1S/C14H18N6O/c1-9-3-10(2)7-19(6-9)13(21)8-20-12(5-16)11(4-15)18-14(20)17/h9-10H,3,6-8H2,1-2H3,(H2,17,18). The second-order valence-corrected chi connectivity index (χ2v) is 5.72. The van der Waals surface area contributed by atoms with Crippen LogP contribution in [0.3, 0.4) is 0 Å². The average Bonchev–Trinajstić information content (AvgIpc) is 2.73. The minimum absolute atomic E-state index is 0.0227. The lowest BCUT2D eigenvalue weighted by atomic mass is 9.92. The van der Waals surface area contributed by atoms with Crippen LogP contribution >= 0.6 is 0 Å². The van der Waals surface area contributed by atoms with Crippen molar-refractivity contribution in [3.05, 3.63) is 11.4 Å². The molecule has 2 rings (SSSR count). The van der Waals surface area contributed by atoms with Crippen LogP contribution in [0.2, 0.25) is 0 Å². The number of amides is 1. The summed E-state index contributed by atoms with van der Waals surface area (Å²) in [7, 11) is 0. The first-order valence-electron chi connectivity index (χ1n) is 6.90. The van der Waals surface area contributed by atoms with Crippen molar-refractivity contribution in [2.45, 2.75) is 26.8 Å². The molecule has 1 aliphatic rings. The zero-order chi connectivity index (χ0) is 15.6. The van der Waals surface area contributed by atoms with E-state index in [1.807, 2.05) is 12.1 Å². The van der Waals surface area contributed by atoms with Crippen LogP contribution in [0.5, 0.6) is 0 Å². The van der Waals surface area contributed by atoms with Crippen LogP contribution in [0.25, 0.3) is 0 Å². The summed E-state index contributed by atoms with van der Waals surface area (Å²) in [5, 5.41) is 18.0. The van der Waals surface area contributed by atoms with Gasteiger partial charge < -0.3 is 10.6 Å². The largest absolute Gasteiger partial charge is 0.369 e. The van der Waals surface area contributed by atoms with E-state index in [4.69, 9.17) is 16.3 Å². The van der Waals surface area contributed by atoms with E-state index >= 15 is 0 Å². The minimum atomic E-state index is -0.0986. The first-order chi connectivity index (χ1) is 9.96. The maximum absolute atomic E-state index is 12.4. The number of anilines is 1. The highest BCUT2D eigenvalue weighted by atomic mass is 16.2. The number of rotatable bonds is 2. The zero-order valence-electron chi connectivity index (χ0n) is 12.2. The van der Waals surface area contributed by atoms with Gasteiger partial charge in [-0.05, 0) is 18.3 Å². The van der Waals surface area contributed by atoms with Gasteiger partial charge in [-0.3, -0.25) is 9.36 Å². The van der Waals surface area contributed by atoms with Gasteiger partial charge in [0, 0.05) is 13.1 Å². The number of nitriles is 2. The number of nitrogen functional groups attached to an aromatic ring is 1. The Morgan fingerprint density at radius 1 is 1.33 bits per heavy atom. The van der Waals surface area contributed by atoms with Gasteiger partial charge in [0.25, 0.3) is 0 Å². The third-order valence-corrected chi connectivity index (χ3v) is 3.72. The van der Waals surface area contributed by atoms with Crippen molar-refractivity contribution in [3.63, 3.8) is 0 Å². The molecule has 1 aliphatic heterocycles. The number of carbonyl (C=O) groups is 1. The van der Waals surface area contributed by atoms with Crippen LogP contribution in [0, 0.1) is 34.5 Å². The van der Waals surface area contributed by atoms with Crippen molar-refractivity contribution < 1.29 is 4.79 Å². The highest BCUT2D eigenvalue weighted by molar-refractivity contribution is 5.77. The van der Waals surface area contributed by atoms with Crippen molar-refractivity contribution in [1.82, 2.24) is 14.5 Å². The third kappa shape index (κ3) is 2.97. The van der Waals surface area contributed by atoms with Crippen LogP contribution in [0.15, 0.2) is 0 Å². The van der Waals surface area contributed by atoms with E-state index in [0.29, 0.717) is 24.9 Å². The highest BCUT2D eigenvalue weighted by Gasteiger charge is 2.27. The molecule has 0 aromatic carbocycles. The van der Waals surface area contributed by atoms with Crippen LogP contribution in [-0.2, 0) is 11.3 Å². The van der Waals surface area contributed by atoms with Gasteiger partial charge in [-0.1, -0.05) is 13.8 Å². The summed E-state index contributed by atoms with van der Waals surface area (Å²) in [6.45, 7) is 5.62. The van der Waals surface area contributed by atoms with Gasteiger partial charge in [0.2, 0.25) is 11.9 Å². The van der Waals surface area contributed by atoms with Gasteiger partial charge >= 0.3 is 0 Å². The molecule has 2 heterocycles. The summed E-state index contributed by atoms with van der Waals surface area (Å²) in [6.07, 6.45) is 1.11. The molecule has 0 bridgehead atoms. The number of carbonyl (C=O) groups excluding carboxylic acids is 1. The molecular weight excluding hydrogens is 268 g/mol. The fourth-order valence-corrected chi connectivity index (χ4v) is 2.92. The molecule has 0 radical (unpaired) electrons. The average molecular weight is 286 g/mol. The normalized spacial score (nSPS) is 21.6. The van der Waals surface area contributed by atoms with E-state index in [1.165, 1.54) is 4.57 Å². The first kappa shape index (κ1) is 14.9. The van der Waals surface area contributed by atoms with Gasteiger partial charge in [-0.25, -0.2) is 4.98 Å². The molecule has 21 heavy (non-hydrogen) atoms. The predicted molar refractivity (Wildman–Crippen MR) is 75.6 cm³/mol. The molecule has 2 unspecified atom stereocenters. The van der Waals surface area contributed by atoms with E-state index < -0.39 is 0 Å². The zero-order valence-corrected chi connectivity index (χ0v) is 12.2. The molecule has 110 valence electrons. The van der Waals surface area contributed by atoms with Crippen LogP contribution in [-0.4, -0.2) is 33.4 Å². The Bertz CT molecular complexity index is 625. The van der Waals surface area contributed by atoms with E-state index in [-0.39, 0.29) is 29.8 Å². The summed E-state index contributed by atoms with van der Waals surface area (Å²) in [6, 6.07) is 3.70. The summed E-state index contributed by atoms with van der Waals surface area (Å²) in [5.41, 5.74) is 5.71. The molecule has 2 atom stereocenters. The fraction of sp³-hybridized carbons (Fsp3) is 0.571. The maximum atomic E-state index is 12.4. The topological polar surface area (TPSA) is 112 Å². The number of likely N-dealkylation sites (tertiary alicyclic amines) is 1. The molecule has 2 N–H and O–H groups in total. The number of hydrogen-bond acceptors (Lipinski definition) is 5. The third-order valence-electron chi connectivity index (χ3n) is 3.72. The van der Waals surface area contributed by atoms with Gasteiger partial charge in [-0.2, -0.15) is 10.5 Å². The number of piperidine rings is 1. The number of hydrogen-bond donors (Lipinski definition) is 1. The molecule has 0 spiro atoms. The molecule has 7 nitrogen and oxygen atoms in total. The molecule has 1 fully saturated rings. The number of nitrogens with two attached hydrogens (primary N) is 1. The Morgan fingerprint density at radius 2 is 1.95 bits per heavy atom. The summed E-state index contributed by atoms with van der Waals surface area (Å²) in [4.78, 5) is 18.0. The molecule has 1 aromatic rings. The molecule has 0 aliphatic carbocycles. The summed E-state index contributed by atoms with van der Waals surface area (Å²) < 4.78 is 1.31. The first-order valence-corrected chi connectivity index (χ1v) is 6.90. The number of imidazole rings is 1. The minimum Gasteiger partial charge on any atom is -0.369 e. The Balaban J connectivity index is 2.19. The van der Waals surface area contributed by atoms with Crippen LogP contribution in [0.4, 0.5) is 5.95 Å². The van der Waals surface area contributed by atoms with E-state index in [1.54, 1.807) is 4.90 Å². The Morgan fingerprint density at radius 3 is 2.48 bits per heavy atom. The Labute approximate surface area is 123 Å². The monoisotopic (exact) mass is 286 g/mol. The van der Waals surface area contributed by atoms with E-state index in [9.17, 15) is 4.79 Å². The van der Waals surface area contributed by atoms with Crippen LogP contribution in [0.1, 0.15) is 31.7 Å². The molecule has 1 amide bonds. The lowest BCUT2D eigenvalue weighted by Crippen LogP contribution is -2.44.